The van der Waals surface area contributed by atoms with Gasteiger partial charge in [-0.15, -0.1) is 0 Å². The van der Waals surface area contributed by atoms with E-state index in [0.29, 0.717) is 17.9 Å². The van der Waals surface area contributed by atoms with Crippen molar-refractivity contribution in [1.29, 1.82) is 0 Å². The van der Waals surface area contributed by atoms with Gasteiger partial charge >= 0.3 is 0 Å². The van der Waals surface area contributed by atoms with Gasteiger partial charge in [-0.25, -0.2) is 0 Å². The second-order valence-electron chi connectivity index (χ2n) is 3.83. The normalized spacial score (nSPS) is 12.3. The van der Waals surface area contributed by atoms with Crippen LogP contribution >= 0.6 is 0 Å². The van der Waals surface area contributed by atoms with Crippen molar-refractivity contribution in [3.8, 4) is 0 Å². The van der Waals surface area contributed by atoms with E-state index < -0.39 is 6.10 Å². The minimum absolute atomic E-state index is 0.101. The number of hydrogen-bond donors (Lipinski definition) is 2. The first kappa shape index (κ1) is 12.4. The molecule has 1 amide bonds. The average Bonchev–Trinajstić information content (AvgIpc) is 3.05. The van der Waals surface area contributed by atoms with Crippen molar-refractivity contribution in [1.82, 2.24) is 15.1 Å². The van der Waals surface area contributed by atoms with Crippen LogP contribution in [0.5, 0.6) is 0 Å². The molecule has 2 N–H and O–H groups in total. The van der Waals surface area contributed by atoms with Crippen molar-refractivity contribution in [3.05, 3.63) is 42.1 Å². The Morgan fingerprint density at radius 2 is 2.50 bits per heavy atom. The number of hydrogen-bond acceptors (Lipinski definition) is 4. The summed E-state index contributed by atoms with van der Waals surface area (Å²) >= 11 is 0. The van der Waals surface area contributed by atoms with Gasteiger partial charge in [-0.1, -0.05) is 0 Å². The summed E-state index contributed by atoms with van der Waals surface area (Å²) in [5.74, 6) is 0.167. The van der Waals surface area contributed by atoms with Gasteiger partial charge in [-0.2, -0.15) is 5.10 Å². The van der Waals surface area contributed by atoms with Gasteiger partial charge < -0.3 is 14.8 Å². The van der Waals surface area contributed by atoms with Gasteiger partial charge in [0.05, 0.1) is 24.6 Å². The molecule has 1 unspecified atom stereocenters. The van der Waals surface area contributed by atoms with E-state index in [1.807, 2.05) is 6.92 Å². The fourth-order valence-electron chi connectivity index (χ4n) is 1.53. The molecule has 6 heteroatoms. The van der Waals surface area contributed by atoms with Gasteiger partial charge in [0.15, 0.2) is 0 Å². The average molecular weight is 249 g/mol. The molecule has 0 aliphatic heterocycles. The zero-order valence-electron chi connectivity index (χ0n) is 10.0. The Morgan fingerprint density at radius 3 is 3.11 bits per heavy atom. The molecule has 0 aliphatic rings. The van der Waals surface area contributed by atoms with E-state index in [4.69, 9.17) is 4.42 Å². The molecule has 96 valence electrons. The van der Waals surface area contributed by atoms with Crippen molar-refractivity contribution in [3.63, 3.8) is 0 Å². The molecule has 0 aliphatic carbocycles. The van der Waals surface area contributed by atoms with E-state index in [1.165, 1.54) is 12.5 Å². The highest BCUT2D eigenvalue weighted by Gasteiger charge is 2.13. The largest absolute Gasteiger partial charge is 0.467 e. The summed E-state index contributed by atoms with van der Waals surface area (Å²) < 4.78 is 6.70. The van der Waals surface area contributed by atoms with Crippen molar-refractivity contribution in [2.24, 2.45) is 0 Å². The van der Waals surface area contributed by atoms with E-state index in [-0.39, 0.29) is 12.5 Å². The molecule has 0 saturated heterocycles. The summed E-state index contributed by atoms with van der Waals surface area (Å²) in [6.45, 7) is 2.75. The molecule has 0 bridgehead atoms. The number of aliphatic hydroxyl groups is 1. The number of carbonyl (C=O) groups excluding carboxylic acids is 1. The standard InChI is InChI=1S/C12H15N3O3/c1-2-15-8-9(6-14-15)12(17)13-7-10(16)11-4-3-5-18-11/h3-6,8,10,16H,2,7H2,1H3,(H,13,17). The molecule has 0 radical (unpaired) electrons. The first-order valence-corrected chi connectivity index (χ1v) is 5.73. The topological polar surface area (TPSA) is 80.3 Å². The van der Waals surface area contributed by atoms with Crippen molar-refractivity contribution < 1.29 is 14.3 Å². The predicted molar refractivity (Wildman–Crippen MR) is 63.9 cm³/mol. The minimum atomic E-state index is -0.842. The predicted octanol–water partition coefficient (Wildman–Crippen LogP) is 0.959. The summed E-state index contributed by atoms with van der Waals surface area (Å²) in [4.78, 5) is 11.7. The fraction of sp³-hybridized carbons (Fsp3) is 0.333. The zero-order chi connectivity index (χ0) is 13.0. The zero-order valence-corrected chi connectivity index (χ0v) is 10.0. The number of aromatic nitrogens is 2. The van der Waals surface area contributed by atoms with Crippen LogP contribution in [0.3, 0.4) is 0 Å². The van der Waals surface area contributed by atoms with Crippen molar-refractivity contribution >= 4 is 5.91 Å². The third kappa shape index (κ3) is 2.78. The summed E-state index contributed by atoms with van der Waals surface area (Å²) in [6, 6.07) is 3.34. The molecule has 0 spiro atoms. The molecular formula is C12H15N3O3. The molecule has 2 rings (SSSR count). The Morgan fingerprint density at radius 1 is 1.67 bits per heavy atom. The second-order valence-corrected chi connectivity index (χ2v) is 3.83. The number of rotatable bonds is 5. The van der Waals surface area contributed by atoms with Gasteiger partial charge in [0, 0.05) is 12.7 Å². The Labute approximate surface area is 104 Å². The first-order chi connectivity index (χ1) is 8.70. The number of carbonyl (C=O) groups is 1. The van der Waals surface area contributed by atoms with E-state index in [2.05, 4.69) is 10.4 Å². The van der Waals surface area contributed by atoms with E-state index >= 15 is 0 Å². The summed E-state index contributed by atoms with van der Waals surface area (Å²) in [5.41, 5.74) is 0.475. The Bertz CT molecular complexity index is 504. The van der Waals surface area contributed by atoms with Crippen molar-refractivity contribution in [2.75, 3.05) is 6.54 Å². The van der Waals surface area contributed by atoms with Crippen LogP contribution in [0.4, 0.5) is 0 Å². The van der Waals surface area contributed by atoms with Crippen LogP contribution < -0.4 is 5.32 Å². The van der Waals surface area contributed by atoms with Gasteiger partial charge in [0.25, 0.3) is 5.91 Å². The maximum Gasteiger partial charge on any atom is 0.254 e. The molecule has 2 heterocycles. The van der Waals surface area contributed by atoms with Crippen LogP contribution in [-0.2, 0) is 6.54 Å². The van der Waals surface area contributed by atoms with Crippen LogP contribution in [0.2, 0.25) is 0 Å². The molecule has 0 fully saturated rings. The van der Waals surface area contributed by atoms with E-state index in [0.717, 1.165) is 0 Å². The maximum atomic E-state index is 11.7. The molecule has 0 aromatic carbocycles. The number of nitrogens with zero attached hydrogens (tertiary/aromatic N) is 2. The second kappa shape index (κ2) is 5.50. The molecular weight excluding hydrogens is 234 g/mol. The van der Waals surface area contributed by atoms with Crippen LogP contribution in [0.15, 0.2) is 35.2 Å². The third-order valence-electron chi connectivity index (χ3n) is 2.55. The van der Waals surface area contributed by atoms with Gasteiger partial charge in [-0.05, 0) is 19.1 Å². The fourth-order valence-corrected chi connectivity index (χ4v) is 1.53. The molecule has 2 aromatic heterocycles. The van der Waals surface area contributed by atoms with Crippen LogP contribution in [0, 0.1) is 0 Å². The SMILES string of the molecule is CCn1cc(C(=O)NCC(O)c2ccco2)cn1. The summed E-state index contributed by atoms with van der Waals surface area (Å²) in [7, 11) is 0. The first-order valence-electron chi connectivity index (χ1n) is 5.73. The highest BCUT2D eigenvalue weighted by atomic mass is 16.4. The van der Waals surface area contributed by atoms with Gasteiger partial charge in [0.1, 0.15) is 11.9 Å². The number of furan rings is 1. The Kier molecular flexibility index (Phi) is 3.78. The van der Waals surface area contributed by atoms with Gasteiger partial charge in [0.2, 0.25) is 0 Å². The van der Waals surface area contributed by atoms with Crippen LogP contribution in [0.1, 0.15) is 29.1 Å². The molecule has 6 nitrogen and oxygen atoms in total. The van der Waals surface area contributed by atoms with Crippen LogP contribution in [0.25, 0.3) is 0 Å². The Hall–Kier alpha value is -2.08. The smallest absolute Gasteiger partial charge is 0.254 e. The lowest BCUT2D eigenvalue weighted by molar-refractivity contribution is 0.0901. The van der Waals surface area contributed by atoms with Crippen molar-refractivity contribution in [2.45, 2.75) is 19.6 Å². The lowest BCUT2D eigenvalue weighted by Gasteiger charge is -2.08. The lowest BCUT2D eigenvalue weighted by atomic mass is 10.2. The monoisotopic (exact) mass is 249 g/mol. The quantitative estimate of drug-likeness (QED) is 0.827. The number of aliphatic hydroxyl groups excluding tert-OH is 1. The highest BCUT2D eigenvalue weighted by molar-refractivity contribution is 5.93. The highest BCUT2D eigenvalue weighted by Crippen LogP contribution is 2.11. The van der Waals surface area contributed by atoms with E-state index in [1.54, 1.807) is 23.0 Å². The third-order valence-corrected chi connectivity index (χ3v) is 2.55. The maximum absolute atomic E-state index is 11.7. The molecule has 18 heavy (non-hydrogen) atoms. The minimum Gasteiger partial charge on any atom is -0.467 e. The molecule has 1 atom stereocenters. The summed E-state index contributed by atoms with van der Waals surface area (Å²) in [6.07, 6.45) is 3.79. The Balaban J connectivity index is 1.88. The summed E-state index contributed by atoms with van der Waals surface area (Å²) in [5, 5.41) is 16.4. The number of amides is 1. The lowest BCUT2D eigenvalue weighted by Crippen LogP contribution is -2.28. The molecule has 2 aromatic rings. The number of nitrogens with one attached hydrogen (secondary N) is 1. The molecule has 0 saturated carbocycles. The van der Waals surface area contributed by atoms with Crippen LogP contribution in [-0.4, -0.2) is 27.3 Å². The van der Waals surface area contributed by atoms with E-state index in [9.17, 15) is 9.90 Å². The number of aryl methyl sites for hydroxylation is 1. The van der Waals surface area contributed by atoms with Gasteiger partial charge in [-0.3, -0.25) is 9.48 Å².